The van der Waals surface area contributed by atoms with Gasteiger partial charge in [0.15, 0.2) is 0 Å². The van der Waals surface area contributed by atoms with Crippen molar-refractivity contribution in [1.82, 2.24) is 5.32 Å². The van der Waals surface area contributed by atoms with E-state index < -0.39 is 0 Å². The Hall–Kier alpha value is -0.810. The van der Waals surface area contributed by atoms with Crippen molar-refractivity contribution in [3.05, 3.63) is 33.8 Å². The highest BCUT2D eigenvalue weighted by Gasteiger charge is 2.37. The number of carbonyl (C=O) groups is 1. The topological polar surface area (TPSA) is 47.6 Å². The van der Waals surface area contributed by atoms with Crippen LogP contribution in [0.15, 0.2) is 18.2 Å². The van der Waals surface area contributed by atoms with E-state index in [1.54, 1.807) is 6.07 Å². The molecule has 0 aliphatic carbocycles. The fraction of sp³-hybridized carbons (Fsp3) is 0.588. The number of ether oxygens (including phenoxy) is 2. The molecule has 23 heavy (non-hydrogen) atoms. The van der Waals surface area contributed by atoms with Gasteiger partial charge in [-0.3, -0.25) is 4.79 Å². The number of halogens is 2. The molecule has 3 rings (SSSR count). The van der Waals surface area contributed by atoms with Gasteiger partial charge < -0.3 is 14.8 Å². The summed E-state index contributed by atoms with van der Waals surface area (Å²) in [7, 11) is 0. The maximum absolute atomic E-state index is 12.3. The van der Waals surface area contributed by atoms with Gasteiger partial charge in [-0.1, -0.05) is 29.3 Å². The predicted molar refractivity (Wildman–Crippen MR) is 90.1 cm³/mol. The van der Waals surface area contributed by atoms with E-state index in [1.807, 2.05) is 12.1 Å². The Morgan fingerprint density at radius 2 is 2.00 bits per heavy atom. The van der Waals surface area contributed by atoms with Crippen LogP contribution < -0.4 is 5.32 Å². The van der Waals surface area contributed by atoms with Gasteiger partial charge in [0.2, 0.25) is 5.91 Å². The van der Waals surface area contributed by atoms with Crippen LogP contribution in [0.5, 0.6) is 0 Å². The quantitative estimate of drug-likeness (QED) is 0.899. The van der Waals surface area contributed by atoms with Crippen molar-refractivity contribution in [3.63, 3.8) is 0 Å². The van der Waals surface area contributed by atoms with E-state index in [9.17, 15) is 4.79 Å². The molecular weight excluding hydrogens is 337 g/mol. The lowest BCUT2D eigenvalue weighted by Crippen LogP contribution is -2.46. The number of amides is 1. The summed E-state index contributed by atoms with van der Waals surface area (Å²) in [5, 5.41) is 4.38. The van der Waals surface area contributed by atoms with Gasteiger partial charge in [-0.15, -0.1) is 0 Å². The van der Waals surface area contributed by atoms with E-state index in [1.165, 1.54) is 0 Å². The van der Waals surface area contributed by atoms with Crippen LogP contribution in [0.3, 0.4) is 0 Å². The number of hydrogen-bond acceptors (Lipinski definition) is 3. The second kappa shape index (κ2) is 7.39. The first kappa shape index (κ1) is 17.0. The van der Waals surface area contributed by atoms with Gasteiger partial charge in [0.05, 0.1) is 12.5 Å². The molecule has 1 amide bonds. The molecule has 1 aromatic rings. The smallest absolute Gasteiger partial charge is 0.225 e. The monoisotopic (exact) mass is 357 g/mol. The summed E-state index contributed by atoms with van der Waals surface area (Å²) >= 11 is 12.5. The second-order valence-corrected chi connectivity index (χ2v) is 7.14. The third kappa shape index (κ3) is 3.82. The Labute approximate surface area is 146 Å². The molecule has 1 aromatic carbocycles. The second-order valence-electron chi connectivity index (χ2n) is 6.30. The molecular formula is C17H21Cl2NO3. The first-order chi connectivity index (χ1) is 11.1. The summed E-state index contributed by atoms with van der Waals surface area (Å²) in [6.45, 7) is 3.08. The Morgan fingerprint density at radius 1 is 1.22 bits per heavy atom. The van der Waals surface area contributed by atoms with E-state index in [0.717, 1.165) is 24.8 Å². The molecule has 0 saturated carbocycles. The van der Waals surface area contributed by atoms with Crippen LogP contribution in [-0.2, 0) is 19.7 Å². The maximum Gasteiger partial charge on any atom is 0.225 e. The maximum atomic E-state index is 12.3. The third-order valence-corrected chi connectivity index (χ3v) is 5.40. The zero-order valence-corrected chi connectivity index (χ0v) is 14.5. The molecule has 6 heteroatoms. The minimum atomic E-state index is -0.199. The summed E-state index contributed by atoms with van der Waals surface area (Å²) in [6, 6.07) is 5.59. The van der Waals surface area contributed by atoms with Crippen molar-refractivity contribution in [3.8, 4) is 0 Å². The van der Waals surface area contributed by atoms with Crippen molar-refractivity contribution in [2.45, 2.75) is 24.7 Å². The first-order valence-electron chi connectivity index (χ1n) is 7.99. The summed E-state index contributed by atoms with van der Waals surface area (Å²) in [4.78, 5) is 12.3. The zero-order valence-electron chi connectivity index (χ0n) is 12.9. The molecule has 2 aliphatic rings. The highest BCUT2D eigenvalue weighted by molar-refractivity contribution is 6.35. The van der Waals surface area contributed by atoms with Gasteiger partial charge in [0.25, 0.3) is 0 Å². The summed E-state index contributed by atoms with van der Waals surface area (Å²) in [5.41, 5.74) is 0.838. The van der Waals surface area contributed by atoms with Gasteiger partial charge in [-0.05, 0) is 37.0 Å². The van der Waals surface area contributed by atoms with E-state index in [2.05, 4.69) is 5.32 Å². The Bertz CT molecular complexity index is 567. The minimum absolute atomic E-state index is 0.0346. The van der Waals surface area contributed by atoms with Crippen molar-refractivity contribution < 1.29 is 14.3 Å². The average molecular weight is 358 g/mol. The molecule has 4 nitrogen and oxygen atoms in total. The van der Waals surface area contributed by atoms with Crippen LogP contribution >= 0.6 is 23.2 Å². The van der Waals surface area contributed by atoms with Crippen molar-refractivity contribution in [2.24, 2.45) is 5.92 Å². The van der Waals surface area contributed by atoms with Crippen LogP contribution in [0.1, 0.15) is 24.8 Å². The Kier molecular flexibility index (Phi) is 5.47. The predicted octanol–water partition coefficient (Wildman–Crippen LogP) is 3.19. The Morgan fingerprint density at radius 3 is 2.65 bits per heavy atom. The number of carbonyl (C=O) groups excluding carboxylic acids is 1. The van der Waals surface area contributed by atoms with Gasteiger partial charge in [0.1, 0.15) is 0 Å². The molecule has 2 aliphatic heterocycles. The average Bonchev–Trinajstić information content (AvgIpc) is 3.08. The molecule has 2 saturated heterocycles. The molecule has 0 radical (unpaired) electrons. The number of hydrogen-bond donors (Lipinski definition) is 1. The normalized spacial score (nSPS) is 23.7. The molecule has 0 spiro atoms. The SMILES string of the molecule is O=C(NCC1(c2ccc(Cl)cc2Cl)CCOCC1)C1CCOC1. The van der Waals surface area contributed by atoms with E-state index in [0.29, 0.717) is 43.0 Å². The van der Waals surface area contributed by atoms with Gasteiger partial charge in [0, 0.05) is 41.8 Å². The lowest BCUT2D eigenvalue weighted by Gasteiger charge is -2.38. The first-order valence-corrected chi connectivity index (χ1v) is 8.75. The van der Waals surface area contributed by atoms with Crippen molar-refractivity contribution >= 4 is 29.1 Å². The molecule has 2 heterocycles. The number of nitrogens with one attached hydrogen (secondary N) is 1. The third-order valence-electron chi connectivity index (χ3n) is 4.85. The minimum Gasteiger partial charge on any atom is -0.381 e. The zero-order chi connectivity index (χ0) is 16.3. The van der Waals surface area contributed by atoms with Gasteiger partial charge >= 0.3 is 0 Å². The van der Waals surface area contributed by atoms with Crippen LogP contribution in [0.25, 0.3) is 0 Å². The summed E-state index contributed by atoms with van der Waals surface area (Å²) in [6.07, 6.45) is 2.45. The van der Waals surface area contributed by atoms with Gasteiger partial charge in [-0.2, -0.15) is 0 Å². The fourth-order valence-corrected chi connectivity index (χ4v) is 3.97. The van der Waals surface area contributed by atoms with Gasteiger partial charge in [-0.25, -0.2) is 0 Å². The van der Waals surface area contributed by atoms with Crippen LogP contribution in [0.2, 0.25) is 10.0 Å². The van der Waals surface area contributed by atoms with E-state index in [4.69, 9.17) is 32.7 Å². The van der Waals surface area contributed by atoms with Crippen molar-refractivity contribution in [2.75, 3.05) is 33.0 Å². The Balaban J connectivity index is 1.77. The largest absolute Gasteiger partial charge is 0.381 e. The van der Waals surface area contributed by atoms with Crippen LogP contribution in [0, 0.1) is 5.92 Å². The van der Waals surface area contributed by atoms with Crippen LogP contribution in [0.4, 0.5) is 0 Å². The lowest BCUT2D eigenvalue weighted by molar-refractivity contribution is -0.125. The fourth-order valence-electron chi connectivity index (χ4n) is 3.36. The number of benzene rings is 1. The highest BCUT2D eigenvalue weighted by Crippen LogP contribution is 2.39. The van der Waals surface area contributed by atoms with E-state index in [-0.39, 0.29) is 17.2 Å². The molecule has 0 aromatic heterocycles. The summed E-state index contributed by atoms with van der Waals surface area (Å²) in [5.74, 6) is 0.0334. The lowest BCUT2D eigenvalue weighted by atomic mass is 9.74. The molecule has 1 atom stereocenters. The molecule has 0 bridgehead atoms. The van der Waals surface area contributed by atoms with Crippen LogP contribution in [-0.4, -0.2) is 38.9 Å². The molecule has 1 N–H and O–H groups in total. The summed E-state index contributed by atoms with van der Waals surface area (Å²) < 4.78 is 10.8. The highest BCUT2D eigenvalue weighted by atomic mass is 35.5. The van der Waals surface area contributed by atoms with E-state index >= 15 is 0 Å². The molecule has 2 fully saturated rings. The van der Waals surface area contributed by atoms with Crippen molar-refractivity contribution in [1.29, 1.82) is 0 Å². The standard InChI is InChI=1S/C17H21Cl2NO3/c18-13-1-2-14(15(19)9-13)17(4-7-22-8-5-17)11-20-16(21)12-3-6-23-10-12/h1-2,9,12H,3-8,10-11H2,(H,20,21). The molecule has 126 valence electrons. The molecule has 1 unspecified atom stereocenters. The number of rotatable bonds is 4.